The van der Waals surface area contributed by atoms with Gasteiger partial charge in [-0.1, -0.05) is 29.1 Å². The maximum Gasteiger partial charge on any atom is 0.353 e. The molecule has 0 amide bonds. The average Bonchev–Trinajstić information content (AvgIpc) is 2.28. The summed E-state index contributed by atoms with van der Waals surface area (Å²) in [6, 6.07) is 7.76. The number of carbonyl (C=O) groups is 1. The van der Waals surface area contributed by atoms with Crippen LogP contribution in [0, 0.1) is 18.8 Å². The highest BCUT2D eigenvalue weighted by Gasteiger charge is 2.00. The summed E-state index contributed by atoms with van der Waals surface area (Å²) >= 11 is 0. The topological polar surface area (TPSA) is 58.9 Å². The maximum atomic E-state index is 10.4. The third kappa shape index (κ3) is 4.85. The van der Waals surface area contributed by atoms with E-state index in [0.29, 0.717) is 0 Å². The van der Waals surface area contributed by atoms with Crippen molar-refractivity contribution >= 4 is 11.7 Å². The molecule has 1 rings (SSSR count). The summed E-state index contributed by atoms with van der Waals surface area (Å²) in [5.41, 5.74) is 1.94. The van der Waals surface area contributed by atoms with Crippen molar-refractivity contribution in [2.45, 2.75) is 13.8 Å². The molecular weight excluding hydrogens is 218 g/mol. The SMILES string of the molecule is C/C(=N/OCC#Cc1cccc(C)c1)C(=O)O. The Hall–Kier alpha value is -2.28. The fraction of sp³-hybridized carbons (Fsp3) is 0.231. The number of nitrogens with zero attached hydrogens (tertiary/aromatic N) is 1. The molecular formula is C13H13NO3. The molecule has 0 radical (unpaired) electrons. The second-order valence-corrected chi connectivity index (χ2v) is 3.43. The highest BCUT2D eigenvalue weighted by Crippen LogP contribution is 2.01. The van der Waals surface area contributed by atoms with E-state index in [1.807, 2.05) is 31.2 Å². The van der Waals surface area contributed by atoms with Crippen LogP contribution in [-0.2, 0) is 9.63 Å². The van der Waals surface area contributed by atoms with Crippen molar-refractivity contribution in [3.63, 3.8) is 0 Å². The van der Waals surface area contributed by atoms with Crippen LogP contribution in [0.25, 0.3) is 0 Å². The number of benzene rings is 1. The molecule has 0 saturated carbocycles. The molecule has 0 aliphatic heterocycles. The Labute approximate surface area is 99.9 Å². The summed E-state index contributed by atoms with van der Waals surface area (Å²) in [4.78, 5) is 15.1. The average molecular weight is 231 g/mol. The smallest absolute Gasteiger partial charge is 0.353 e. The number of aliphatic carboxylic acids is 1. The Bertz CT molecular complexity index is 495. The van der Waals surface area contributed by atoms with Gasteiger partial charge in [-0.15, -0.1) is 0 Å². The Kier molecular flexibility index (Phi) is 4.77. The third-order valence-corrected chi connectivity index (χ3v) is 1.90. The van der Waals surface area contributed by atoms with Gasteiger partial charge in [0.05, 0.1) is 0 Å². The molecule has 0 bridgehead atoms. The zero-order valence-electron chi connectivity index (χ0n) is 9.73. The van der Waals surface area contributed by atoms with Crippen LogP contribution in [0.5, 0.6) is 0 Å². The van der Waals surface area contributed by atoms with Crippen LogP contribution in [0.3, 0.4) is 0 Å². The van der Waals surface area contributed by atoms with E-state index >= 15 is 0 Å². The summed E-state index contributed by atoms with van der Waals surface area (Å²) in [6.07, 6.45) is 0. The van der Waals surface area contributed by atoms with Gasteiger partial charge >= 0.3 is 5.97 Å². The summed E-state index contributed by atoms with van der Waals surface area (Å²) < 4.78 is 0. The van der Waals surface area contributed by atoms with Gasteiger partial charge in [-0.25, -0.2) is 4.79 Å². The van der Waals surface area contributed by atoms with Gasteiger partial charge in [0.15, 0.2) is 12.3 Å². The van der Waals surface area contributed by atoms with E-state index in [9.17, 15) is 4.79 Å². The predicted molar refractivity (Wildman–Crippen MR) is 64.8 cm³/mol. The van der Waals surface area contributed by atoms with Crippen molar-refractivity contribution < 1.29 is 14.7 Å². The van der Waals surface area contributed by atoms with Crippen LogP contribution in [-0.4, -0.2) is 23.4 Å². The molecule has 4 nitrogen and oxygen atoms in total. The first kappa shape index (κ1) is 12.8. The van der Waals surface area contributed by atoms with E-state index in [1.165, 1.54) is 6.92 Å². The zero-order valence-corrected chi connectivity index (χ0v) is 9.73. The number of rotatable bonds is 3. The van der Waals surface area contributed by atoms with Crippen molar-refractivity contribution in [3.8, 4) is 11.8 Å². The molecule has 0 aromatic heterocycles. The van der Waals surface area contributed by atoms with E-state index in [-0.39, 0.29) is 12.3 Å². The normalized spacial score (nSPS) is 10.4. The van der Waals surface area contributed by atoms with Gasteiger partial charge in [0.1, 0.15) is 0 Å². The van der Waals surface area contributed by atoms with Crippen molar-refractivity contribution in [3.05, 3.63) is 35.4 Å². The van der Waals surface area contributed by atoms with Gasteiger partial charge in [-0.05, 0) is 31.5 Å². The fourth-order valence-electron chi connectivity index (χ4n) is 1.06. The van der Waals surface area contributed by atoms with Crippen molar-refractivity contribution in [1.82, 2.24) is 0 Å². The van der Waals surface area contributed by atoms with E-state index in [4.69, 9.17) is 9.94 Å². The van der Waals surface area contributed by atoms with Crippen LogP contribution in [0.1, 0.15) is 18.1 Å². The number of aryl methyl sites for hydroxylation is 1. The van der Waals surface area contributed by atoms with Gasteiger partial charge in [0, 0.05) is 5.56 Å². The minimum Gasteiger partial charge on any atom is -0.477 e. The Balaban J connectivity index is 2.47. The molecule has 1 N–H and O–H groups in total. The highest BCUT2D eigenvalue weighted by atomic mass is 16.6. The minimum absolute atomic E-state index is 0.0680. The Morgan fingerprint density at radius 3 is 2.94 bits per heavy atom. The van der Waals surface area contributed by atoms with Crippen LogP contribution in [0.4, 0.5) is 0 Å². The minimum atomic E-state index is -1.10. The van der Waals surface area contributed by atoms with Crippen LogP contribution in [0.15, 0.2) is 29.4 Å². The second kappa shape index (κ2) is 6.33. The molecule has 1 aromatic rings. The molecule has 0 aliphatic rings. The molecule has 4 heteroatoms. The van der Waals surface area contributed by atoms with E-state index in [0.717, 1.165) is 11.1 Å². The lowest BCUT2D eigenvalue weighted by Crippen LogP contribution is -2.08. The largest absolute Gasteiger partial charge is 0.477 e. The van der Waals surface area contributed by atoms with Crippen LogP contribution in [0.2, 0.25) is 0 Å². The molecule has 0 unspecified atom stereocenters. The summed E-state index contributed by atoms with van der Waals surface area (Å²) in [5.74, 6) is 4.55. The molecule has 0 atom stereocenters. The Morgan fingerprint density at radius 1 is 1.53 bits per heavy atom. The molecule has 17 heavy (non-hydrogen) atoms. The summed E-state index contributed by atoms with van der Waals surface area (Å²) in [5, 5.41) is 11.9. The lowest BCUT2D eigenvalue weighted by atomic mass is 10.1. The van der Waals surface area contributed by atoms with Crippen LogP contribution < -0.4 is 0 Å². The monoisotopic (exact) mass is 231 g/mol. The van der Waals surface area contributed by atoms with Gasteiger partial charge in [0.2, 0.25) is 0 Å². The first-order valence-electron chi connectivity index (χ1n) is 5.05. The standard InChI is InChI=1S/C13H13NO3/c1-10-5-3-6-12(9-10)7-4-8-17-14-11(2)13(15)16/h3,5-6,9H,8H2,1-2H3,(H,15,16)/b14-11-. The quantitative estimate of drug-likeness (QED) is 0.373. The number of carboxylic acid groups (broad SMARTS) is 1. The third-order valence-electron chi connectivity index (χ3n) is 1.90. The summed E-state index contributed by atoms with van der Waals surface area (Å²) in [7, 11) is 0. The van der Waals surface area contributed by atoms with Gasteiger partial charge in [-0.3, -0.25) is 0 Å². The van der Waals surface area contributed by atoms with E-state index in [1.54, 1.807) is 0 Å². The van der Waals surface area contributed by atoms with Crippen molar-refractivity contribution in [1.29, 1.82) is 0 Å². The Morgan fingerprint density at radius 2 is 2.29 bits per heavy atom. The van der Waals surface area contributed by atoms with Gasteiger partial charge in [-0.2, -0.15) is 0 Å². The number of hydrogen-bond donors (Lipinski definition) is 1. The van der Waals surface area contributed by atoms with Gasteiger partial charge in [0.25, 0.3) is 0 Å². The molecule has 1 aromatic carbocycles. The highest BCUT2D eigenvalue weighted by molar-refractivity contribution is 6.34. The number of hydrogen-bond acceptors (Lipinski definition) is 3. The molecule has 88 valence electrons. The molecule has 0 spiro atoms. The molecule has 0 fully saturated rings. The molecule has 0 aliphatic carbocycles. The number of oxime groups is 1. The maximum absolute atomic E-state index is 10.4. The zero-order chi connectivity index (χ0) is 12.7. The van der Waals surface area contributed by atoms with Gasteiger partial charge < -0.3 is 9.94 Å². The van der Waals surface area contributed by atoms with E-state index in [2.05, 4.69) is 17.0 Å². The number of carboxylic acids is 1. The fourth-order valence-corrected chi connectivity index (χ4v) is 1.06. The van der Waals surface area contributed by atoms with Crippen molar-refractivity contribution in [2.24, 2.45) is 5.16 Å². The molecule has 0 saturated heterocycles. The predicted octanol–water partition coefficient (Wildman–Crippen LogP) is 1.82. The van der Waals surface area contributed by atoms with Crippen LogP contribution >= 0.6 is 0 Å². The van der Waals surface area contributed by atoms with Crippen molar-refractivity contribution in [2.75, 3.05) is 6.61 Å². The lowest BCUT2D eigenvalue weighted by Gasteiger charge is -1.94. The first-order valence-corrected chi connectivity index (χ1v) is 5.05. The molecule has 0 heterocycles. The van der Waals surface area contributed by atoms with E-state index < -0.39 is 5.97 Å². The second-order valence-electron chi connectivity index (χ2n) is 3.43. The lowest BCUT2D eigenvalue weighted by molar-refractivity contribution is -0.129. The first-order chi connectivity index (χ1) is 8.09. The summed E-state index contributed by atoms with van der Waals surface area (Å²) in [6.45, 7) is 3.41.